The fraction of sp³-hybridized carbons (Fsp3) is 0.739. The van der Waals surface area contributed by atoms with E-state index in [1.165, 1.54) is 75.0 Å². The van der Waals surface area contributed by atoms with Crippen molar-refractivity contribution in [1.82, 2.24) is 60.0 Å². The van der Waals surface area contributed by atoms with Gasteiger partial charge in [-0.2, -0.15) is 13.2 Å². The zero-order valence-electron chi connectivity index (χ0n) is 59.0. The second kappa shape index (κ2) is 35.1. The summed E-state index contributed by atoms with van der Waals surface area (Å²) in [6.45, 7) is 8.18. The standard InChI is InChI=1S/C69H106ClF3N12O12/c1-13-24-51-63(93)78(7)40-54(86)74-49(31-29-45-28-30-47(48(70)38-45)69(71,72)73)62(92)85-36-23-27-50(85)61(91)76-68(32-19-20-33-68)67(97)83(12)59(46-25-17-15-18-26-46)66(96)82(11)53(64(94)84-34-21-16-22-35-84)39-55(87)81(10)52(37-43(3)4)60(90)75-58(44(5)14-2)65(95)79(8)41-56(88)77(6)42-57(89)80(51)9/h28,30,38,43-44,46,49-53,58-59H,13-27,29,31-37,39-42H2,1-12H3,(H,74,86)(H,75,90)(H,76,91)/t44-,49-,50-,51-,52-,53-,58-,59-/m0/s1. The molecule has 2 saturated carbocycles. The Morgan fingerprint density at radius 3 is 1.84 bits per heavy atom. The van der Waals surface area contributed by atoms with Gasteiger partial charge in [-0.05, 0) is 119 Å². The largest absolute Gasteiger partial charge is 0.417 e. The van der Waals surface area contributed by atoms with Crippen LogP contribution in [0.15, 0.2) is 18.2 Å². The first-order valence-electron chi connectivity index (χ1n) is 34.8. The van der Waals surface area contributed by atoms with Gasteiger partial charge in [-0.1, -0.05) is 97.2 Å². The molecule has 0 bridgehead atoms. The van der Waals surface area contributed by atoms with E-state index in [1.807, 2.05) is 20.8 Å². The highest BCUT2D eigenvalue weighted by Gasteiger charge is 2.51. The lowest BCUT2D eigenvalue weighted by molar-refractivity contribution is -0.157. The summed E-state index contributed by atoms with van der Waals surface area (Å²) in [6, 6.07) is -5.57. The number of amides is 12. The number of aryl methyl sites for hydroxylation is 1. The van der Waals surface area contributed by atoms with Gasteiger partial charge in [0.25, 0.3) is 0 Å². The van der Waals surface area contributed by atoms with Gasteiger partial charge in [0.2, 0.25) is 70.9 Å². The van der Waals surface area contributed by atoms with E-state index in [1.54, 1.807) is 18.7 Å². The Labute approximate surface area is 575 Å². The number of carbonyl (C=O) groups excluding carboxylic acids is 12. The molecule has 0 aromatic heterocycles. The van der Waals surface area contributed by atoms with Crippen molar-refractivity contribution in [2.45, 2.75) is 223 Å². The van der Waals surface area contributed by atoms with Crippen LogP contribution in [0.1, 0.15) is 174 Å². The number of nitrogens with one attached hydrogen (secondary N) is 3. The quantitative estimate of drug-likeness (QED) is 0.256. The molecule has 0 radical (unpaired) electrons. The summed E-state index contributed by atoms with van der Waals surface area (Å²) in [7, 11) is 9.86. The average molecular weight is 1390 g/mol. The van der Waals surface area contributed by atoms with Crippen LogP contribution in [0.5, 0.6) is 0 Å². The van der Waals surface area contributed by atoms with Crippen LogP contribution in [0.4, 0.5) is 13.2 Å². The molecule has 1 aromatic carbocycles. The van der Waals surface area contributed by atoms with Crippen LogP contribution in [-0.2, 0) is 70.1 Å². The minimum absolute atomic E-state index is 0.0355. The molecule has 3 heterocycles. The first-order valence-corrected chi connectivity index (χ1v) is 35.2. The first-order chi connectivity index (χ1) is 45.7. The molecule has 97 heavy (non-hydrogen) atoms. The van der Waals surface area contributed by atoms with Crippen LogP contribution in [0, 0.1) is 17.8 Å². The molecular weight excluding hydrogens is 1280 g/mol. The van der Waals surface area contributed by atoms with Crippen LogP contribution in [-0.4, -0.2) is 251 Å². The number of likely N-dealkylation sites (N-methyl/N-ethyl adjacent to an activating group) is 7. The maximum Gasteiger partial charge on any atom is 0.417 e. The number of hydrogen-bond donors (Lipinski definition) is 3. The van der Waals surface area contributed by atoms with Crippen LogP contribution in [0.25, 0.3) is 0 Å². The Bertz CT molecular complexity index is 3010. The van der Waals surface area contributed by atoms with Crippen molar-refractivity contribution in [3.63, 3.8) is 0 Å². The summed E-state index contributed by atoms with van der Waals surface area (Å²) in [4.78, 5) is 189. The van der Waals surface area contributed by atoms with E-state index in [-0.39, 0.29) is 57.4 Å². The van der Waals surface area contributed by atoms with E-state index in [4.69, 9.17) is 11.6 Å². The molecule has 8 atom stereocenters. The van der Waals surface area contributed by atoms with Gasteiger partial charge >= 0.3 is 6.18 Å². The Hall–Kier alpha value is -7.06. The molecule has 3 aliphatic heterocycles. The van der Waals surface area contributed by atoms with Crippen molar-refractivity contribution in [2.24, 2.45) is 17.8 Å². The topological polar surface area (TPSA) is 270 Å². The smallest absolute Gasteiger partial charge is 0.343 e. The summed E-state index contributed by atoms with van der Waals surface area (Å²) >= 11 is 6.13. The Morgan fingerprint density at radius 1 is 0.629 bits per heavy atom. The number of alkyl halides is 3. The van der Waals surface area contributed by atoms with Crippen LogP contribution >= 0.6 is 11.6 Å². The van der Waals surface area contributed by atoms with Gasteiger partial charge in [0.05, 0.1) is 36.6 Å². The number of fused-ring (bicyclic) bond motifs is 1. The van der Waals surface area contributed by atoms with E-state index in [0.29, 0.717) is 76.4 Å². The molecule has 3 N–H and O–H groups in total. The number of rotatable bonds is 11. The van der Waals surface area contributed by atoms with Gasteiger partial charge in [-0.15, -0.1) is 0 Å². The molecule has 3 saturated heterocycles. The molecule has 6 rings (SSSR count). The summed E-state index contributed by atoms with van der Waals surface area (Å²) in [5.74, 6) is -8.86. The number of nitrogens with zero attached hydrogens (tertiary/aromatic N) is 9. The van der Waals surface area contributed by atoms with E-state index in [0.717, 1.165) is 57.4 Å². The predicted molar refractivity (Wildman–Crippen MR) is 357 cm³/mol. The zero-order valence-corrected chi connectivity index (χ0v) is 59.8. The highest BCUT2D eigenvalue weighted by molar-refractivity contribution is 6.31. The summed E-state index contributed by atoms with van der Waals surface area (Å²) in [5.41, 5.74) is -2.35. The van der Waals surface area contributed by atoms with E-state index in [9.17, 15) is 41.9 Å². The molecule has 12 amide bonds. The number of likely N-dealkylation sites (tertiary alicyclic amines) is 1. The second-order valence-electron chi connectivity index (χ2n) is 28.2. The first kappa shape index (κ1) is 78.9. The summed E-state index contributed by atoms with van der Waals surface area (Å²) < 4.78 is 41.4. The zero-order chi connectivity index (χ0) is 72.0. The van der Waals surface area contributed by atoms with Gasteiger partial charge in [0, 0.05) is 69.0 Å². The molecule has 1 spiro atoms. The Morgan fingerprint density at radius 2 is 1.24 bits per heavy atom. The number of hydrogen-bond acceptors (Lipinski definition) is 12. The maximum atomic E-state index is 15.8. The molecule has 0 unspecified atom stereocenters. The fourth-order valence-electron chi connectivity index (χ4n) is 14.4. The van der Waals surface area contributed by atoms with Gasteiger partial charge in [0.15, 0.2) is 0 Å². The molecule has 5 fully saturated rings. The molecule has 1 aromatic rings. The van der Waals surface area contributed by atoms with Crippen molar-refractivity contribution >= 4 is 82.5 Å². The number of piperidine rings is 1. The highest BCUT2D eigenvalue weighted by atomic mass is 35.5. The van der Waals surface area contributed by atoms with E-state index in [2.05, 4.69) is 16.0 Å². The van der Waals surface area contributed by atoms with E-state index >= 15 is 28.8 Å². The van der Waals surface area contributed by atoms with Gasteiger partial charge in [0.1, 0.15) is 47.8 Å². The molecular formula is C69H106ClF3N12O12. The number of halogens is 4. The van der Waals surface area contributed by atoms with Crippen molar-refractivity contribution in [3.05, 3.63) is 34.3 Å². The van der Waals surface area contributed by atoms with Crippen molar-refractivity contribution in [2.75, 3.05) is 88.6 Å². The van der Waals surface area contributed by atoms with Gasteiger partial charge in [-0.25, -0.2) is 0 Å². The molecule has 5 aliphatic rings. The average Bonchev–Trinajstić information content (AvgIpc) is 1.76. The van der Waals surface area contributed by atoms with E-state index < -0.39 is 173 Å². The number of carbonyl (C=O) groups is 12. The number of benzene rings is 1. The Balaban J connectivity index is 1.43. The van der Waals surface area contributed by atoms with Crippen LogP contribution < -0.4 is 16.0 Å². The lowest BCUT2D eigenvalue weighted by atomic mass is 9.81. The van der Waals surface area contributed by atoms with Crippen molar-refractivity contribution in [3.8, 4) is 0 Å². The predicted octanol–water partition coefficient (Wildman–Crippen LogP) is 5.25. The minimum atomic E-state index is -4.76. The fourth-order valence-corrected chi connectivity index (χ4v) is 14.8. The molecule has 24 nitrogen and oxygen atoms in total. The maximum absolute atomic E-state index is 15.8. The van der Waals surface area contributed by atoms with Crippen LogP contribution in [0.2, 0.25) is 5.02 Å². The lowest BCUT2D eigenvalue weighted by Crippen LogP contribution is -2.65. The third-order valence-corrected chi connectivity index (χ3v) is 20.9. The SMILES string of the molecule is CCC[C@H]1C(=O)N(C)CC(=O)N[C@@H](CCc2ccc(C(F)(F)F)c(Cl)c2)C(=O)N2CCC[C@H]2C(=O)NC2(CCCC2)C(=O)N(C)[C@@H](C2CCCCC2)C(=O)N(C)[C@H](C(=O)N2CCCCC2)CC(=O)N(C)[C@@H](CC(C)C)C(=O)N[C@@H]([C@@H](C)CC)C(=O)N(C)CC(=O)N(C)CC(=O)N1C. The molecule has 542 valence electrons. The third kappa shape index (κ3) is 19.9. The molecule has 28 heteroatoms. The summed E-state index contributed by atoms with van der Waals surface area (Å²) in [6.07, 6.45) is 3.04. The lowest BCUT2D eigenvalue weighted by Gasteiger charge is -2.43. The molecule has 2 aliphatic carbocycles. The second-order valence-corrected chi connectivity index (χ2v) is 28.6. The highest BCUT2D eigenvalue weighted by Crippen LogP contribution is 2.38. The normalized spacial score (nSPS) is 26.3. The third-order valence-electron chi connectivity index (χ3n) is 20.6. The monoisotopic (exact) mass is 1390 g/mol. The van der Waals surface area contributed by atoms with Gasteiger partial charge < -0.3 is 60.0 Å². The minimum Gasteiger partial charge on any atom is -0.343 e. The summed E-state index contributed by atoms with van der Waals surface area (Å²) in [5, 5.41) is 8.10. The van der Waals surface area contributed by atoms with Gasteiger partial charge in [-0.3, -0.25) is 57.5 Å². The van der Waals surface area contributed by atoms with Crippen molar-refractivity contribution < 1.29 is 70.7 Å². The van der Waals surface area contributed by atoms with Crippen molar-refractivity contribution in [1.29, 1.82) is 0 Å². The van der Waals surface area contributed by atoms with Crippen LogP contribution in [0.3, 0.4) is 0 Å². The Kier molecular flexibility index (Phi) is 28.6.